The van der Waals surface area contributed by atoms with E-state index in [0.717, 1.165) is 46.5 Å². The highest BCUT2D eigenvalue weighted by Crippen LogP contribution is 2.41. The Labute approximate surface area is 122 Å². The number of carbonyl (C=O) groups excluding carboxylic acids is 1. The van der Waals surface area contributed by atoms with Crippen LogP contribution >= 0.6 is 0 Å². The molecule has 104 valence electrons. The fourth-order valence-electron chi connectivity index (χ4n) is 3.07. The van der Waals surface area contributed by atoms with Crippen LogP contribution in [0.15, 0.2) is 75.3 Å². The summed E-state index contributed by atoms with van der Waals surface area (Å²) < 4.78 is 5.80. The van der Waals surface area contributed by atoms with Crippen LogP contribution in [0.2, 0.25) is 0 Å². The van der Waals surface area contributed by atoms with E-state index in [0.29, 0.717) is 12.4 Å². The number of aldehydes is 1. The molecule has 2 aliphatic heterocycles. The number of carbonyl (C=O) groups is 1. The van der Waals surface area contributed by atoms with Gasteiger partial charge in [0, 0.05) is 30.0 Å². The van der Waals surface area contributed by atoms with E-state index in [9.17, 15) is 4.79 Å². The Kier molecular flexibility index (Phi) is 2.57. The number of amidine groups is 1. The second-order valence-electron chi connectivity index (χ2n) is 5.24. The molecule has 4 nitrogen and oxygen atoms in total. The van der Waals surface area contributed by atoms with Crippen molar-refractivity contribution in [1.29, 1.82) is 0 Å². The summed E-state index contributed by atoms with van der Waals surface area (Å²) in [5, 5.41) is 0. The van der Waals surface area contributed by atoms with Crippen molar-refractivity contribution in [3.8, 4) is 0 Å². The third-order valence-electron chi connectivity index (χ3n) is 4.04. The molecular formula is C17H14N2O2. The van der Waals surface area contributed by atoms with E-state index < -0.39 is 0 Å². The van der Waals surface area contributed by atoms with Crippen LogP contribution in [-0.2, 0) is 9.53 Å². The molecule has 0 N–H and O–H groups in total. The van der Waals surface area contributed by atoms with Gasteiger partial charge in [0.1, 0.15) is 12.4 Å². The molecule has 0 aromatic carbocycles. The van der Waals surface area contributed by atoms with Gasteiger partial charge in [-0.15, -0.1) is 0 Å². The lowest BCUT2D eigenvalue weighted by Crippen LogP contribution is -2.31. The number of ether oxygens (including phenoxy) is 1. The van der Waals surface area contributed by atoms with Gasteiger partial charge in [0.05, 0.1) is 5.70 Å². The third-order valence-corrected chi connectivity index (χ3v) is 4.04. The summed E-state index contributed by atoms with van der Waals surface area (Å²) in [6.45, 7) is 0.603. The van der Waals surface area contributed by atoms with Gasteiger partial charge in [-0.25, -0.2) is 4.99 Å². The lowest BCUT2D eigenvalue weighted by Gasteiger charge is -2.27. The number of hydrogen-bond donors (Lipinski definition) is 0. The molecule has 0 bridgehead atoms. The van der Waals surface area contributed by atoms with Gasteiger partial charge in [-0.05, 0) is 24.1 Å². The number of likely N-dealkylation sites (N-methyl/N-ethyl adjacent to an activating group) is 1. The van der Waals surface area contributed by atoms with Crippen molar-refractivity contribution in [3.05, 3.63) is 70.3 Å². The van der Waals surface area contributed by atoms with Crippen molar-refractivity contribution in [3.63, 3.8) is 0 Å². The molecule has 0 aromatic heterocycles. The Morgan fingerprint density at radius 2 is 2.19 bits per heavy atom. The Bertz CT molecular complexity index is 758. The highest BCUT2D eigenvalue weighted by Gasteiger charge is 2.30. The molecule has 21 heavy (non-hydrogen) atoms. The Morgan fingerprint density at radius 3 is 3.05 bits per heavy atom. The normalized spacial score (nSPS) is 22.7. The summed E-state index contributed by atoms with van der Waals surface area (Å²) in [5.41, 5.74) is 5.44. The largest absolute Gasteiger partial charge is 0.488 e. The van der Waals surface area contributed by atoms with Crippen LogP contribution in [0.5, 0.6) is 0 Å². The van der Waals surface area contributed by atoms with E-state index in [-0.39, 0.29) is 0 Å². The maximum atomic E-state index is 11.2. The van der Waals surface area contributed by atoms with Crippen LogP contribution in [0.3, 0.4) is 0 Å². The summed E-state index contributed by atoms with van der Waals surface area (Å²) in [4.78, 5) is 17.3. The molecule has 0 radical (unpaired) electrons. The van der Waals surface area contributed by atoms with Gasteiger partial charge >= 0.3 is 0 Å². The Morgan fingerprint density at radius 1 is 1.29 bits per heavy atom. The van der Waals surface area contributed by atoms with Crippen molar-refractivity contribution < 1.29 is 9.53 Å². The SMILES string of the molecule is CN1C(C=O)=NC=C2CC=CC3=C4OCC=CC4=CC3=C21. The minimum absolute atomic E-state index is 0.428. The number of fused-ring (bicyclic) bond motifs is 3. The predicted octanol–water partition coefficient (Wildman–Crippen LogP) is 2.41. The molecule has 4 heteroatoms. The standard InChI is InChI=1S/C17H14N2O2/c1-19-15(10-20)18-9-12-4-2-6-13-14(16(12)19)8-11-5-3-7-21-17(11)13/h2-3,5-6,8-10H,4,7H2,1H3. The summed E-state index contributed by atoms with van der Waals surface area (Å²) >= 11 is 0. The Balaban J connectivity index is 1.97. The quantitative estimate of drug-likeness (QED) is 0.692. The zero-order chi connectivity index (χ0) is 14.4. The van der Waals surface area contributed by atoms with Gasteiger partial charge < -0.3 is 9.64 Å². The van der Waals surface area contributed by atoms with E-state index >= 15 is 0 Å². The van der Waals surface area contributed by atoms with E-state index in [2.05, 4.69) is 29.3 Å². The lowest BCUT2D eigenvalue weighted by molar-refractivity contribution is -0.103. The van der Waals surface area contributed by atoms with E-state index in [1.54, 1.807) is 6.20 Å². The van der Waals surface area contributed by atoms with Crippen LogP contribution in [0.1, 0.15) is 6.42 Å². The molecule has 4 rings (SSSR count). The zero-order valence-corrected chi connectivity index (χ0v) is 11.7. The molecule has 2 aliphatic carbocycles. The minimum atomic E-state index is 0.428. The zero-order valence-electron chi connectivity index (χ0n) is 11.7. The van der Waals surface area contributed by atoms with Crippen LogP contribution < -0.4 is 0 Å². The first-order valence-corrected chi connectivity index (χ1v) is 6.92. The van der Waals surface area contributed by atoms with Gasteiger partial charge in [0.15, 0.2) is 12.1 Å². The number of nitrogens with zero attached hydrogens (tertiary/aromatic N) is 2. The van der Waals surface area contributed by atoms with Gasteiger partial charge in [-0.1, -0.05) is 18.2 Å². The first kappa shape index (κ1) is 12.1. The summed E-state index contributed by atoms with van der Waals surface area (Å²) in [6.07, 6.45) is 13.8. The van der Waals surface area contributed by atoms with E-state index in [1.165, 1.54) is 0 Å². The van der Waals surface area contributed by atoms with Crippen LogP contribution in [-0.4, -0.2) is 30.7 Å². The summed E-state index contributed by atoms with van der Waals surface area (Å²) in [6, 6.07) is 0. The van der Waals surface area contributed by atoms with Gasteiger partial charge in [-0.2, -0.15) is 0 Å². The maximum Gasteiger partial charge on any atom is 0.185 e. The van der Waals surface area contributed by atoms with E-state index in [1.807, 2.05) is 18.0 Å². The van der Waals surface area contributed by atoms with Gasteiger partial charge in [0.2, 0.25) is 0 Å². The molecule has 0 spiro atoms. The molecular weight excluding hydrogens is 264 g/mol. The smallest absolute Gasteiger partial charge is 0.185 e. The van der Waals surface area contributed by atoms with Crippen molar-refractivity contribution in [2.75, 3.05) is 13.7 Å². The van der Waals surface area contributed by atoms with Gasteiger partial charge in [-0.3, -0.25) is 4.79 Å². The van der Waals surface area contributed by atoms with Crippen molar-refractivity contribution in [2.45, 2.75) is 6.42 Å². The Hall–Kier alpha value is -2.62. The number of hydrogen-bond acceptors (Lipinski definition) is 4. The second kappa shape index (κ2) is 4.45. The number of allylic oxidation sites excluding steroid dienone is 7. The molecule has 0 saturated heterocycles. The lowest BCUT2D eigenvalue weighted by atomic mass is 10.0. The molecule has 0 atom stereocenters. The first-order valence-electron chi connectivity index (χ1n) is 6.92. The van der Waals surface area contributed by atoms with Crippen LogP contribution in [0.4, 0.5) is 0 Å². The second-order valence-corrected chi connectivity index (χ2v) is 5.24. The first-order chi connectivity index (χ1) is 10.3. The highest BCUT2D eigenvalue weighted by atomic mass is 16.5. The topological polar surface area (TPSA) is 41.9 Å². The fraction of sp³-hybridized carbons (Fsp3) is 0.176. The minimum Gasteiger partial charge on any atom is -0.488 e. The molecule has 0 amide bonds. The molecule has 0 unspecified atom stereocenters. The fourth-order valence-corrected chi connectivity index (χ4v) is 3.07. The number of rotatable bonds is 1. The van der Waals surface area contributed by atoms with Gasteiger partial charge in [0.25, 0.3) is 0 Å². The molecule has 0 fully saturated rings. The van der Waals surface area contributed by atoms with Crippen molar-refractivity contribution in [2.24, 2.45) is 4.99 Å². The molecule has 0 saturated carbocycles. The van der Waals surface area contributed by atoms with E-state index in [4.69, 9.17) is 4.74 Å². The summed E-state index contributed by atoms with van der Waals surface area (Å²) in [5.74, 6) is 1.36. The van der Waals surface area contributed by atoms with Crippen LogP contribution in [0.25, 0.3) is 0 Å². The number of aliphatic imine (C=N–C) groups is 1. The van der Waals surface area contributed by atoms with Crippen molar-refractivity contribution in [1.82, 2.24) is 4.90 Å². The van der Waals surface area contributed by atoms with Crippen LogP contribution in [0, 0.1) is 0 Å². The van der Waals surface area contributed by atoms with Crippen molar-refractivity contribution >= 4 is 12.1 Å². The summed E-state index contributed by atoms with van der Waals surface area (Å²) in [7, 11) is 1.88. The predicted molar refractivity (Wildman–Crippen MR) is 80.3 cm³/mol. The monoisotopic (exact) mass is 278 g/mol. The highest BCUT2D eigenvalue weighted by molar-refractivity contribution is 6.28. The molecule has 0 aromatic rings. The molecule has 4 aliphatic rings. The average Bonchev–Trinajstić information content (AvgIpc) is 2.76. The third kappa shape index (κ3) is 1.69. The average molecular weight is 278 g/mol. The molecule has 2 heterocycles. The maximum absolute atomic E-state index is 11.2.